The Morgan fingerprint density at radius 1 is 1.07 bits per heavy atom. The van der Waals surface area contributed by atoms with Crippen LogP contribution in [0.5, 0.6) is 0 Å². The summed E-state index contributed by atoms with van der Waals surface area (Å²) < 4.78 is 7.08. The van der Waals surface area contributed by atoms with Crippen molar-refractivity contribution in [2.75, 3.05) is 39.4 Å². The first kappa shape index (κ1) is 19.6. The summed E-state index contributed by atoms with van der Waals surface area (Å²) in [5, 5.41) is 8.38. The van der Waals surface area contributed by atoms with Crippen LogP contribution in [0.25, 0.3) is 16.9 Å². The summed E-state index contributed by atoms with van der Waals surface area (Å²) in [4.78, 5) is 15.2. The van der Waals surface area contributed by atoms with Gasteiger partial charge in [0.25, 0.3) is 5.91 Å². The third-order valence-corrected chi connectivity index (χ3v) is 5.17. The Hall–Kier alpha value is -2.67. The Kier molecular flexibility index (Phi) is 6.24. The molecular formula is C22H23ClN4O2. The number of amides is 1. The van der Waals surface area contributed by atoms with Crippen LogP contribution in [0.15, 0.2) is 60.8 Å². The fraction of sp³-hybridized carbons (Fsp3) is 0.273. The summed E-state index contributed by atoms with van der Waals surface area (Å²) in [6.07, 6.45) is 1.77. The smallest absolute Gasteiger partial charge is 0.255 e. The molecule has 1 aliphatic rings. The van der Waals surface area contributed by atoms with Crippen LogP contribution in [0.3, 0.4) is 0 Å². The summed E-state index contributed by atoms with van der Waals surface area (Å²) in [5.74, 6) is -0.127. The van der Waals surface area contributed by atoms with E-state index in [1.54, 1.807) is 10.9 Å². The molecule has 0 saturated carbocycles. The number of ether oxygens (including phenoxy) is 1. The highest BCUT2D eigenvalue weighted by molar-refractivity contribution is 6.30. The topological polar surface area (TPSA) is 59.4 Å². The monoisotopic (exact) mass is 410 g/mol. The molecule has 29 heavy (non-hydrogen) atoms. The fourth-order valence-electron chi connectivity index (χ4n) is 3.32. The molecule has 6 nitrogen and oxygen atoms in total. The summed E-state index contributed by atoms with van der Waals surface area (Å²) in [7, 11) is 0. The molecule has 7 heteroatoms. The van der Waals surface area contributed by atoms with Gasteiger partial charge in [-0.05, 0) is 24.3 Å². The van der Waals surface area contributed by atoms with Crippen molar-refractivity contribution < 1.29 is 9.53 Å². The van der Waals surface area contributed by atoms with Gasteiger partial charge < -0.3 is 10.1 Å². The van der Waals surface area contributed by atoms with Crippen LogP contribution in [-0.2, 0) is 4.74 Å². The molecule has 3 aromatic rings. The van der Waals surface area contributed by atoms with Crippen LogP contribution < -0.4 is 5.32 Å². The largest absolute Gasteiger partial charge is 0.379 e. The highest BCUT2D eigenvalue weighted by Crippen LogP contribution is 2.24. The minimum atomic E-state index is -0.127. The number of benzene rings is 2. The number of carbonyl (C=O) groups is 1. The maximum absolute atomic E-state index is 13.0. The predicted octanol–water partition coefficient (Wildman–Crippen LogP) is 3.25. The van der Waals surface area contributed by atoms with Gasteiger partial charge >= 0.3 is 0 Å². The number of nitrogens with one attached hydrogen (secondary N) is 1. The first-order chi connectivity index (χ1) is 14.2. The molecule has 1 N–H and O–H groups in total. The van der Waals surface area contributed by atoms with Crippen molar-refractivity contribution in [3.63, 3.8) is 0 Å². The van der Waals surface area contributed by atoms with Crippen molar-refractivity contribution in [1.29, 1.82) is 0 Å². The van der Waals surface area contributed by atoms with E-state index in [1.807, 2.05) is 54.6 Å². The maximum atomic E-state index is 13.0. The summed E-state index contributed by atoms with van der Waals surface area (Å²) in [5.41, 5.74) is 2.95. The number of hydrogen-bond acceptors (Lipinski definition) is 4. The first-order valence-electron chi connectivity index (χ1n) is 9.70. The van der Waals surface area contributed by atoms with Crippen molar-refractivity contribution in [3.8, 4) is 16.9 Å². The van der Waals surface area contributed by atoms with E-state index in [0.29, 0.717) is 22.8 Å². The number of halogens is 1. The zero-order valence-corrected chi connectivity index (χ0v) is 16.8. The highest BCUT2D eigenvalue weighted by atomic mass is 35.5. The lowest BCUT2D eigenvalue weighted by Gasteiger charge is -2.26. The standard InChI is InChI=1S/C22H23ClN4O2/c23-18-6-8-19(9-7-18)27-16-20(21(25-27)17-4-2-1-3-5-17)22(28)24-10-11-26-12-14-29-15-13-26/h1-9,16H,10-15H2,(H,24,28). The molecule has 1 aromatic heterocycles. The van der Waals surface area contributed by atoms with Gasteiger partial charge in [-0.2, -0.15) is 5.10 Å². The molecule has 2 aromatic carbocycles. The third kappa shape index (κ3) is 4.85. The van der Waals surface area contributed by atoms with Crippen LogP contribution in [-0.4, -0.2) is 60.0 Å². The minimum Gasteiger partial charge on any atom is -0.379 e. The number of hydrogen-bond donors (Lipinski definition) is 1. The van der Waals surface area contributed by atoms with Gasteiger partial charge in [0.15, 0.2) is 0 Å². The van der Waals surface area contributed by atoms with Gasteiger partial charge in [0.1, 0.15) is 5.69 Å². The number of rotatable bonds is 6. The molecule has 2 heterocycles. The number of morpholine rings is 1. The lowest BCUT2D eigenvalue weighted by atomic mass is 10.1. The molecule has 0 spiro atoms. The minimum absolute atomic E-state index is 0.127. The molecule has 0 atom stereocenters. The van der Waals surface area contributed by atoms with Gasteiger partial charge in [0, 0.05) is 43.0 Å². The Morgan fingerprint density at radius 2 is 1.79 bits per heavy atom. The van der Waals surface area contributed by atoms with Crippen LogP contribution in [0.2, 0.25) is 5.02 Å². The SMILES string of the molecule is O=C(NCCN1CCOCC1)c1cn(-c2ccc(Cl)cc2)nc1-c1ccccc1. The molecule has 0 aliphatic carbocycles. The molecule has 4 rings (SSSR count). The predicted molar refractivity (Wildman–Crippen MR) is 114 cm³/mol. The van der Waals surface area contributed by atoms with Crippen molar-refractivity contribution >= 4 is 17.5 Å². The van der Waals surface area contributed by atoms with Gasteiger partial charge in [0.2, 0.25) is 0 Å². The van der Waals surface area contributed by atoms with Crippen LogP contribution >= 0.6 is 11.6 Å². The van der Waals surface area contributed by atoms with E-state index in [-0.39, 0.29) is 5.91 Å². The van der Waals surface area contributed by atoms with E-state index in [9.17, 15) is 4.79 Å². The maximum Gasteiger partial charge on any atom is 0.255 e. The Labute approximate surface area is 175 Å². The molecule has 1 amide bonds. The normalized spacial score (nSPS) is 14.7. The zero-order valence-electron chi connectivity index (χ0n) is 16.1. The molecule has 1 fully saturated rings. The molecule has 0 unspecified atom stereocenters. The lowest BCUT2D eigenvalue weighted by molar-refractivity contribution is 0.0383. The summed E-state index contributed by atoms with van der Waals surface area (Å²) in [6.45, 7) is 4.69. The second-order valence-corrected chi connectivity index (χ2v) is 7.32. The Morgan fingerprint density at radius 3 is 2.52 bits per heavy atom. The summed E-state index contributed by atoms with van der Waals surface area (Å²) in [6, 6.07) is 17.1. The van der Waals surface area contributed by atoms with E-state index in [1.165, 1.54) is 0 Å². The van der Waals surface area contributed by atoms with Gasteiger partial charge in [-0.1, -0.05) is 41.9 Å². The van der Waals surface area contributed by atoms with Crippen LogP contribution in [0, 0.1) is 0 Å². The van der Waals surface area contributed by atoms with Crippen molar-refractivity contribution in [2.24, 2.45) is 0 Å². The van der Waals surface area contributed by atoms with E-state index < -0.39 is 0 Å². The van der Waals surface area contributed by atoms with Crippen molar-refractivity contribution in [1.82, 2.24) is 20.0 Å². The quantitative estimate of drug-likeness (QED) is 0.677. The molecular weight excluding hydrogens is 388 g/mol. The molecule has 1 aliphatic heterocycles. The number of carbonyl (C=O) groups excluding carboxylic acids is 1. The van der Waals surface area contributed by atoms with Gasteiger partial charge in [-0.25, -0.2) is 4.68 Å². The van der Waals surface area contributed by atoms with Crippen LogP contribution in [0.1, 0.15) is 10.4 Å². The molecule has 1 saturated heterocycles. The second kappa shape index (κ2) is 9.22. The van der Waals surface area contributed by atoms with Gasteiger partial charge in [0.05, 0.1) is 24.5 Å². The first-order valence-corrected chi connectivity index (χ1v) is 10.1. The molecule has 0 radical (unpaired) electrons. The molecule has 0 bridgehead atoms. The average Bonchev–Trinajstić information content (AvgIpc) is 3.21. The molecule has 150 valence electrons. The number of aromatic nitrogens is 2. The fourth-order valence-corrected chi connectivity index (χ4v) is 3.45. The van der Waals surface area contributed by atoms with E-state index in [0.717, 1.165) is 44.1 Å². The van der Waals surface area contributed by atoms with Crippen molar-refractivity contribution in [2.45, 2.75) is 0 Å². The van der Waals surface area contributed by atoms with E-state index in [2.05, 4.69) is 15.3 Å². The van der Waals surface area contributed by atoms with Crippen LogP contribution in [0.4, 0.5) is 0 Å². The number of nitrogens with zero attached hydrogens (tertiary/aromatic N) is 3. The van der Waals surface area contributed by atoms with Gasteiger partial charge in [-0.15, -0.1) is 0 Å². The Bertz CT molecular complexity index is 951. The zero-order chi connectivity index (χ0) is 20.1. The average molecular weight is 411 g/mol. The van der Waals surface area contributed by atoms with Gasteiger partial charge in [-0.3, -0.25) is 9.69 Å². The van der Waals surface area contributed by atoms with E-state index in [4.69, 9.17) is 16.3 Å². The summed E-state index contributed by atoms with van der Waals surface area (Å²) >= 11 is 6.00. The lowest BCUT2D eigenvalue weighted by Crippen LogP contribution is -2.41. The van der Waals surface area contributed by atoms with Crippen molar-refractivity contribution in [3.05, 3.63) is 71.4 Å². The van der Waals surface area contributed by atoms with E-state index >= 15 is 0 Å². The Balaban J connectivity index is 1.55. The highest BCUT2D eigenvalue weighted by Gasteiger charge is 2.19. The second-order valence-electron chi connectivity index (χ2n) is 6.89. The third-order valence-electron chi connectivity index (χ3n) is 4.91.